The first-order chi connectivity index (χ1) is 9.36. The highest BCUT2D eigenvalue weighted by Crippen LogP contribution is 2.39. The summed E-state index contributed by atoms with van der Waals surface area (Å²) in [7, 11) is 1.98. The molecular formula is C16H31N3O. The third kappa shape index (κ3) is 2.86. The molecule has 2 fully saturated rings. The van der Waals surface area contributed by atoms with Crippen molar-refractivity contribution in [2.75, 3.05) is 20.1 Å². The van der Waals surface area contributed by atoms with Crippen LogP contribution in [0.4, 0.5) is 0 Å². The van der Waals surface area contributed by atoms with Gasteiger partial charge in [0.1, 0.15) is 0 Å². The zero-order valence-corrected chi connectivity index (χ0v) is 13.6. The predicted octanol–water partition coefficient (Wildman–Crippen LogP) is 1.84. The number of hydrogen-bond acceptors (Lipinski definition) is 3. The molecule has 2 atom stereocenters. The topological polar surface area (TPSA) is 49.6 Å². The van der Waals surface area contributed by atoms with E-state index in [2.05, 4.69) is 25.7 Å². The van der Waals surface area contributed by atoms with Crippen molar-refractivity contribution in [3.05, 3.63) is 0 Å². The van der Waals surface area contributed by atoms with E-state index in [0.29, 0.717) is 12.1 Å². The lowest BCUT2D eigenvalue weighted by atomic mass is 9.83. The number of amides is 1. The van der Waals surface area contributed by atoms with Crippen molar-refractivity contribution in [1.29, 1.82) is 0 Å². The number of hydrogen-bond donors (Lipinski definition) is 1. The summed E-state index contributed by atoms with van der Waals surface area (Å²) in [4.78, 5) is 17.3. The second-order valence-corrected chi connectivity index (χ2v) is 7.19. The van der Waals surface area contributed by atoms with E-state index in [4.69, 9.17) is 5.73 Å². The molecule has 0 spiro atoms. The molecule has 1 saturated carbocycles. The number of rotatable bonds is 3. The lowest BCUT2D eigenvalue weighted by molar-refractivity contribution is -0.143. The molecule has 1 aliphatic heterocycles. The number of likely N-dealkylation sites (tertiary alicyclic amines) is 1. The molecule has 0 aromatic carbocycles. The maximum atomic E-state index is 12.8. The first-order valence-corrected chi connectivity index (χ1v) is 8.13. The molecule has 1 aliphatic carbocycles. The highest BCUT2D eigenvalue weighted by atomic mass is 16.2. The van der Waals surface area contributed by atoms with Crippen molar-refractivity contribution in [1.82, 2.24) is 9.80 Å². The summed E-state index contributed by atoms with van der Waals surface area (Å²) in [6.45, 7) is 8.75. The lowest BCUT2D eigenvalue weighted by Crippen LogP contribution is -2.53. The summed E-state index contributed by atoms with van der Waals surface area (Å²) < 4.78 is 0. The summed E-state index contributed by atoms with van der Waals surface area (Å²) in [5.74, 6) is 0.269. The largest absolute Gasteiger partial charge is 0.342 e. The fourth-order valence-corrected chi connectivity index (χ4v) is 3.82. The van der Waals surface area contributed by atoms with Gasteiger partial charge in [-0.25, -0.2) is 0 Å². The molecule has 4 heteroatoms. The van der Waals surface area contributed by atoms with Crippen molar-refractivity contribution < 1.29 is 4.79 Å². The van der Waals surface area contributed by atoms with E-state index in [1.165, 1.54) is 0 Å². The Labute approximate surface area is 123 Å². The minimum atomic E-state index is -0.329. The van der Waals surface area contributed by atoms with Gasteiger partial charge in [0, 0.05) is 38.3 Å². The summed E-state index contributed by atoms with van der Waals surface area (Å²) in [6, 6.07) is 1.04. The summed E-state index contributed by atoms with van der Waals surface area (Å²) in [6.07, 6.45) is 5.20. The van der Waals surface area contributed by atoms with Crippen molar-refractivity contribution in [3.8, 4) is 0 Å². The first kappa shape index (κ1) is 15.8. The van der Waals surface area contributed by atoms with E-state index in [-0.39, 0.29) is 17.4 Å². The summed E-state index contributed by atoms with van der Waals surface area (Å²) in [5.41, 5.74) is 5.86. The fourth-order valence-electron chi connectivity index (χ4n) is 3.82. The molecule has 0 aromatic heterocycles. The third-order valence-corrected chi connectivity index (χ3v) is 5.62. The molecule has 116 valence electrons. The molecule has 2 aliphatic rings. The molecule has 1 saturated heterocycles. The third-order valence-electron chi connectivity index (χ3n) is 5.62. The van der Waals surface area contributed by atoms with Crippen LogP contribution < -0.4 is 5.73 Å². The Morgan fingerprint density at radius 1 is 1.30 bits per heavy atom. The normalized spacial score (nSPS) is 32.8. The van der Waals surface area contributed by atoms with Gasteiger partial charge in [0.2, 0.25) is 5.91 Å². The number of carbonyl (C=O) groups excluding carboxylic acids is 1. The van der Waals surface area contributed by atoms with Crippen LogP contribution in [0.5, 0.6) is 0 Å². The van der Waals surface area contributed by atoms with E-state index in [0.717, 1.165) is 45.2 Å². The van der Waals surface area contributed by atoms with Gasteiger partial charge in [-0.1, -0.05) is 6.42 Å². The van der Waals surface area contributed by atoms with Gasteiger partial charge < -0.3 is 15.5 Å². The van der Waals surface area contributed by atoms with Gasteiger partial charge in [0.25, 0.3) is 0 Å². The first-order valence-electron chi connectivity index (χ1n) is 8.13. The van der Waals surface area contributed by atoms with Crippen LogP contribution in [0.1, 0.15) is 52.9 Å². The molecule has 2 rings (SSSR count). The molecule has 2 N–H and O–H groups in total. The minimum absolute atomic E-state index is 0.0354. The maximum Gasteiger partial charge on any atom is 0.230 e. The Morgan fingerprint density at radius 2 is 1.90 bits per heavy atom. The average molecular weight is 281 g/mol. The van der Waals surface area contributed by atoms with Gasteiger partial charge in [0.15, 0.2) is 0 Å². The second-order valence-electron chi connectivity index (χ2n) is 7.19. The Bertz CT molecular complexity index is 350. The molecular weight excluding hydrogens is 250 g/mol. The minimum Gasteiger partial charge on any atom is -0.342 e. The molecule has 1 amide bonds. The van der Waals surface area contributed by atoms with Gasteiger partial charge in [-0.3, -0.25) is 4.79 Å². The van der Waals surface area contributed by atoms with Crippen molar-refractivity contribution >= 4 is 5.91 Å². The number of nitrogens with zero attached hydrogens (tertiary/aromatic N) is 2. The molecule has 2 unspecified atom stereocenters. The zero-order valence-electron chi connectivity index (χ0n) is 13.6. The summed E-state index contributed by atoms with van der Waals surface area (Å²) >= 11 is 0. The maximum absolute atomic E-state index is 12.8. The van der Waals surface area contributed by atoms with E-state index in [1.54, 1.807) is 0 Å². The predicted molar refractivity (Wildman–Crippen MR) is 82.4 cm³/mol. The molecule has 4 nitrogen and oxygen atoms in total. The average Bonchev–Trinajstić information content (AvgIpc) is 2.78. The molecule has 0 radical (unpaired) electrons. The van der Waals surface area contributed by atoms with Gasteiger partial charge in [-0.2, -0.15) is 0 Å². The van der Waals surface area contributed by atoms with Crippen molar-refractivity contribution in [2.24, 2.45) is 11.1 Å². The SMILES string of the molecule is CC(C)N1CCC(N(C)C(=O)C2(C)CCCC2N)CC1. The number of piperidine rings is 1. The number of carbonyl (C=O) groups is 1. The van der Waals surface area contributed by atoms with Gasteiger partial charge in [-0.05, 0) is 46.5 Å². The summed E-state index contributed by atoms with van der Waals surface area (Å²) in [5, 5.41) is 0. The van der Waals surface area contributed by atoms with Crippen LogP contribution in [0.2, 0.25) is 0 Å². The zero-order chi connectivity index (χ0) is 14.9. The van der Waals surface area contributed by atoms with E-state index >= 15 is 0 Å². The van der Waals surface area contributed by atoms with Gasteiger partial charge >= 0.3 is 0 Å². The van der Waals surface area contributed by atoms with Crippen molar-refractivity contribution in [3.63, 3.8) is 0 Å². The quantitative estimate of drug-likeness (QED) is 0.858. The van der Waals surface area contributed by atoms with Crippen LogP contribution in [0, 0.1) is 5.41 Å². The van der Waals surface area contributed by atoms with Crippen LogP contribution >= 0.6 is 0 Å². The van der Waals surface area contributed by atoms with Crippen LogP contribution in [0.15, 0.2) is 0 Å². The number of nitrogens with two attached hydrogens (primary N) is 1. The Morgan fingerprint density at radius 3 is 2.35 bits per heavy atom. The van der Waals surface area contributed by atoms with Crippen LogP contribution in [-0.2, 0) is 4.79 Å². The van der Waals surface area contributed by atoms with Gasteiger partial charge in [-0.15, -0.1) is 0 Å². The second kappa shape index (κ2) is 6.02. The Balaban J connectivity index is 1.95. The smallest absolute Gasteiger partial charge is 0.230 e. The Hall–Kier alpha value is -0.610. The van der Waals surface area contributed by atoms with E-state index < -0.39 is 0 Å². The highest BCUT2D eigenvalue weighted by Gasteiger charge is 2.45. The molecule has 0 aromatic rings. The Kier molecular flexibility index (Phi) is 4.75. The van der Waals surface area contributed by atoms with E-state index in [1.807, 2.05) is 11.9 Å². The van der Waals surface area contributed by atoms with Crippen LogP contribution in [0.3, 0.4) is 0 Å². The van der Waals surface area contributed by atoms with Crippen molar-refractivity contribution in [2.45, 2.75) is 71.0 Å². The fraction of sp³-hybridized carbons (Fsp3) is 0.938. The van der Waals surface area contributed by atoms with Gasteiger partial charge in [0.05, 0.1) is 5.41 Å². The highest BCUT2D eigenvalue weighted by molar-refractivity contribution is 5.83. The van der Waals surface area contributed by atoms with Crippen LogP contribution in [-0.4, -0.2) is 54.0 Å². The van der Waals surface area contributed by atoms with E-state index in [9.17, 15) is 4.79 Å². The van der Waals surface area contributed by atoms with Crippen LogP contribution in [0.25, 0.3) is 0 Å². The molecule has 1 heterocycles. The standard InChI is InChI=1S/C16H31N3O/c1-12(2)19-10-7-13(8-11-19)18(4)15(20)16(3)9-5-6-14(16)17/h12-14H,5-11,17H2,1-4H3. The molecule has 20 heavy (non-hydrogen) atoms. The lowest BCUT2D eigenvalue weighted by Gasteiger charge is -2.41. The molecule has 0 bridgehead atoms. The monoisotopic (exact) mass is 281 g/mol.